The third-order valence-electron chi connectivity index (χ3n) is 2.35. The summed E-state index contributed by atoms with van der Waals surface area (Å²) in [5.74, 6) is 0.715. The Balaban J connectivity index is 2.93. The minimum Gasteiger partial charge on any atom is -0.497 e. The van der Waals surface area contributed by atoms with Crippen molar-refractivity contribution in [3.8, 4) is 5.75 Å². The molecule has 78 valence electrons. The van der Waals surface area contributed by atoms with Gasteiger partial charge in [-0.1, -0.05) is 0 Å². The van der Waals surface area contributed by atoms with Gasteiger partial charge in [0.15, 0.2) is 0 Å². The smallest absolute Gasteiger partial charge is 0.202 e. The number of hydrogen-bond acceptors (Lipinski definition) is 2. The zero-order valence-corrected chi connectivity index (χ0v) is 10.6. The topological polar surface area (TPSA) is 42.1 Å². The summed E-state index contributed by atoms with van der Waals surface area (Å²) in [5.41, 5.74) is 1.94. The van der Waals surface area contributed by atoms with E-state index in [1.54, 1.807) is 19.4 Å². The number of pyridine rings is 1. The van der Waals surface area contributed by atoms with Crippen molar-refractivity contribution in [3.63, 3.8) is 0 Å². The van der Waals surface area contributed by atoms with Crippen molar-refractivity contribution >= 4 is 33.5 Å². The molecule has 0 radical (unpaired) electrons. The highest BCUT2D eigenvalue weighted by Gasteiger charge is 2.06. The first-order chi connectivity index (χ1) is 7.13. The first-order valence-electron chi connectivity index (χ1n) is 4.49. The normalized spacial score (nSPS) is 10.6. The van der Waals surface area contributed by atoms with Crippen molar-refractivity contribution in [3.05, 3.63) is 37.7 Å². The Morgan fingerprint density at radius 1 is 1.40 bits per heavy atom. The Labute approximate surface area is 101 Å². The largest absolute Gasteiger partial charge is 0.497 e. The second-order valence-corrected chi connectivity index (χ2v) is 4.49. The third kappa shape index (κ3) is 1.73. The number of aromatic amines is 1. The molecular weight excluding hydrogens is 305 g/mol. The van der Waals surface area contributed by atoms with Crippen LogP contribution < -0.4 is 10.2 Å². The van der Waals surface area contributed by atoms with Crippen LogP contribution >= 0.6 is 22.6 Å². The van der Waals surface area contributed by atoms with E-state index >= 15 is 0 Å². The maximum absolute atomic E-state index is 11.9. The number of H-pyrrole nitrogens is 1. The van der Waals surface area contributed by atoms with E-state index in [2.05, 4.69) is 4.98 Å². The molecule has 0 aliphatic rings. The highest BCUT2D eigenvalue weighted by molar-refractivity contribution is 14.1. The molecule has 0 spiro atoms. The van der Waals surface area contributed by atoms with Crippen LogP contribution in [0.4, 0.5) is 0 Å². The lowest BCUT2D eigenvalue weighted by molar-refractivity contribution is 0.415. The summed E-state index contributed by atoms with van der Waals surface area (Å²) >= 11 is 2.02. The number of fused-ring (bicyclic) bond motifs is 1. The number of aryl methyl sites for hydroxylation is 1. The van der Waals surface area contributed by atoms with Gasteiger partial charge in [-0.3, -0.25) is 4.79 Å². The molecule has 1 heterocycles. The molecule has 0 bridgehead atoms. The molecule has 0 saturated carbocycles. The van der Waals surface area contributed by atoms with Crippen molar-refractivity contribution in [2.24, 2.45) is 0 Å². The fourth-order valence-corrected chi connectivity index (χ4v) is 2.02. The number of methoxy groups -OCH3 is 1. The number of rotatable bonds is 1. The highest BCUT2D eigenvalue weighted by atomic mass is 127. The van der Waals surface area contributed by atoms with Gasteiger partial charge in [-0.05, 0) is 47.2 Å². The number of hydrogen-bond donors (Lipinski definition) is 1. The van der Waals surface area contributed by atoms with Gasteiger partial charge < -0.3 is 9.72 Å². The first kappa shape index (κ1) is 10.5. The molecule has 1 aromatic carbocycles. The maximum Gasteiger partial charge on any atom is 0.202 e. The second kappa shape index (κ2) is 3.84. The van der Waals surface area contributed by atoms with Crippen LogP contribution in [0.15, 0.2) is 23.1 Å². The van der Waals surface area contributed by atoms with Gasteiger partial charge in [0.25, 0.3) is 0 Å². The Bertz CT molecular complexity index is 575. The summed E-state index contributed by atoms with van der Waals surface area (Å²) in [4.78, 5) is 15.0. The average Bonchev–Trinajstić information content (AvgIpc) is 2.23. The molecule has 0 unspecified atom stereocenters. The van der Waals surface area contributed by atoms with Crippen LogP contribution in [-0.2, 0) is 0 Å². The van der Waals surface area contributed by atoms with Gasteiger partial charge >= 0.3 is 0 Å². The summed E-state index contributed by atoms with van der Waals surface area (Å²) < 4.78 is 5.83. The van der Waals surface area contributed by atoms with Crippen LogP contribution in [0.2, 0.25) is 0 Å². The van der Waals surface area contributed by atoms with E-state index in [0.717, 1.165) is 11.1 Å². The minimum atomic E-state index is 0.0475. The molecule has 4 heteroatoms. The number of nitrogens with one attached hydrogen (secondary N) is 1. The molecular formula is C11H10INO2. The maximum atomic E-state index is 11.9. The van der Waals surface area contributed by atoms with Crippen LogP contribution in [0, 0.1) is 10.5 Å². The van der Waals surface area contributed by atoms with Gasteiger partial charge in [0.1, 0.15) is 5.75 Å². The monoisotopic (exact) mass is 315 g/mol. The van der Waals surface area contributed by atoms with E-state index in [0.29, 0.717) is 14.7 Å². The Kier molecular flexibility index (Phi) is 2.68. The van der Waals surface area contributed by atoms with E-state index in [1.165, 1.54) is 0 Å². The van der Waals surface area contributed by atoms with Crippen molar-refractivity contribution in [2.75, 3.05) is 7.11 Å². The van der Waals surface area contributed by atoms with Crippen molar-refractivity contribution < 1.29 is 4.74 Å². The second-order valence-electron chi connectivity index (χ2n) is 3.33. The summed E-state index contributed by atoms with van der Waals surface area (Å²) in [5, 5.41) is 0.679. The predicted octanol–water partition coefficient (Wildman–Crippen LogP) is 2.45. The summed E-state index contributed by atoms with van der Waals surface area (Å²) in [7, 11) is 1.60. The minimum absolute atomic E-state index is 0.0475. The van der Waals surface area contributed by atoms with E-state index in [1.807, 2.05) is 35.6 Å². The number of benzene rings is 1. The molecule has 1 N–H and O–H groups in total. The lowest BCUT2D eigenvalue weighted by Crippen LogP contribution is -2.07. The molecule has 1 aromatic heterocycles. The van der Waals surface area contributed by atoms with Crippen LogP contribution in [0.1, 0.15) is 5.56 Å². The summed E-state index contributed by atoms with van der Waals surface area (Å²) in [6, 6.07) is 3.68. The molecule has 0 fully saturated rings. The van der Waals surface area contributed by atoms with Crippen LogP contribution in [0.3, 0.4) is 0 Å². The quantitative estimate of drug-likeness (QED) is 0.822. The van der Waals surface area contributed by atoms with E-state index < -0.39 is 0 Å². The third-order valence-corrected chi connectivity index (χ3v) is 3.15. The van der Waals surface area contributed by atoms with E-state index in [9.17, 15) is 4.79 Å². The fourth-order valence-electron chi connectivity index (χ4n) is 1.57. The van der Waals surface area contributed by atoms with Gasteiger partial charge in [0, 0.05) is 6.20 Å². The van der Waals surface area contributed by atoms with Crippen molar-refractivity contribution in [2.45, 2.75) is 6.92 Å². The van der Waals surface area contributed by atoms with Gasteiger partial charge in [-0.15, -0.1) is 0 Å². The number of halogens is 1. The van der Waals surface area contributed by atoms with Gasteiger partial charge in [0.05, 0.1) is 21.6 Å². The molecule has 0 saturated heterocycles. The van der Waals surface area contributed by atoms with Crippen LogP contribution in [0.25, 0.3) is 10.9 Å². The molecule has 0 aliphatic heterocycles. The summed E-state index contributed by atoms with van der Waals surface area (Å²) in [6.45, 7) is 1.95. The van der Waals surface area contributed by atoms with Crippen molar-refractivity contribution in [1.82, 2.24) is 4.98 Å². The lowest BCUT2D eigenvalue weighted by atomic mass is 10.1. The SMILES string of the molecule is COc1cc(C)c2[nH]cc(I)c(=O)c2c1. The van der Waals surface area contributed by atoms with E-state index in [4.69, 9.17) is 4.74 Å². The predicted molar refractivity (Wildman–Crippen MR) is 68.6 cm³/mol. The molecule has 3 nitrogen and oxygen atoms in total. The standard InChI is InChI=1S/C11H10INO2/c1-6-3-7(15-2)4-8-10(6)13-5-9(12)11(8)14/h3-5H,1-2H3,(H,13,14). The molecule has 2 rings (SSSR count). The molecule has 15 heavy (non-hydrogen) atoms. The lowest BCUT2D eigenvalue weighted by Gasteiger charge is -2.06. The highest BCUT2D eigenvalue weighted by Crippen LogP contribution is 2.21. The Morgan fingerprint density at radius 2 is 2.13 bits per heavy atom. The van der Waals surface area contributed by atoms with E-state index in [-0.39, 0.29) is 5.43 Å². The molecule has 0 amide bonds. The molecule has 2 aromatic rings. The zero-order chi connectivity index (χ0) is 11.0. The number of ether oxygens (including phenoxy) is 1. The molecule has 0 atom stereocenters. The fraction of sp³-hybridized carbons (Fsp3) is 0.182. The first-order valence-corrected chi connectivity index (χ1v) is 5.57. The zero-order valence-electron chi connectivity index (χ0n) is 8.43. The van der Waals surface area contributed by atoms with Gasteiger partial charge in [-0.2, -0.15) is 0 Å². The molecule has 0 aliphatic carbocycles. The van der Waals surface area contributed by atoms with Crippen LogP contribution in [0.5, 0.6) is 5.75 Å². The number of aromatic nitrogens is 1. The van der Waals surface area contributed by atoms with Gasteiger partial charge in [-0.25, -0.2) is 0 Å². The Morgan fingerprint density at radius 3 is 2.80 bits per heavy atom. The Hall–Kier alpha value is -1.04. The average molecular weight is 315 g/mol. The summed E-state index contributed by atoms with van der Waals surface area (Å²) in [6.07, 6.45) is 1.73. The van der Waals surface area contributed by atoms with Gasteiger partial charge in [0.2, 0.25) is 5.43 Å². The van der Waals surface area contributed by atoms with Crippen molar-refractivity contribution in [1.29, 1.82) is 0 Å². The van der Waals surface area contributed by atoms with Crippen LogP contribution in [-0.4, -0.2) is 12.1 Å².